The summed E-state index contributed by atoms with van der Waals surface area (Å²) in [5.41, 5.74) is 4.14. The first-order chi connectivity index (χ1) is 13.8. The van der Waals surface area contributed by atoms with Gasteiger partial charge in [-0.25, -0.2) is 9.36 Å². The second-order valence-corrected chi connectivity index (χ2v) is 9.02. The molecular weight excluding hydrogens is 404 g/mol. The summed E-state index contributed by atoms with van der Waals surface area (Å²) in [4.78, 5) is 28.6. The summed E-state index contributed by atoms with van der Waals surface area (Å²) in [5.74, 6) is 0. The Morgan fingerprint density at radius 2 is 1.66 bits per heavy atom. The van der Waals surface area contributed by atoms with Crippen LogP contribution in [0.25, 0.3) is 15.9 Å². The Morgan fingerprint density at radius 1 is 0.966 bits per heavy atom. The molecule has 2 aromatic carbocycles. The van der Waals surface area contributed by atoms with Crippen molar-refractivity contribution in [3.63, 3.8) is 0 Å². The van der Waals surface area contributed by atoms with Crippen LogP contribution >= 0.6 is 22.9 Å². The molecule has 0 N–H and O–H groups in total. The molecule has 6 heteroatoms. The molecule has 0 bridgehead atoms. The van der Waals surface area contributed by atoms with Crippen LogP contribution in [0, 0.1) is 27.7 Å². The molecule has 4 aromatic rings. The molecule has 2 heterocycles. The first-order valence-corrected chi connectivity index (χ1v) is 10.5. The first-order valence-electron chi connectivity index (χ1n) is 9.35. The minimum atomic E-state index is -0.341. The average Bonchev–Trinajstić information content (AvgIpc) is 2.98. The highest BCUT2D eigenvalue weighted by molar-refractivity contribution is 7.18. The number of halogens is 1. The van der Waals surface area contributed by atoms with Gasteiger partial charge in [-0.05, 0) is 68.7 Å². The summed E-state index contributed by atoms with van der Waals surface area (Å²) >= 11 is 7.50. The van der Waals surface area contributed by atoms with Crippen LogP contribution in [-0.4, -0.2) is 9.13 Å². The number of aromatic nitrogens is 2. The van der Waals surface area contributed by atoms with E-state index in [1.807, 2.05) is 27.7 Å². The van der Waals surface area contributed by atoms with E-state index >= 15 is 0 Å². The fourth-order valence-corrected chi connectivity index (χ4v) is 4.82. The van der Waals surface area contributed by atoms with Crippen molar-refractivity contribution in [2.75, 3.05) is 0 Å². The third-order valence-corrected chi connectivity index (χ3v) is 6.85. The molecule has 0 saturated carbocycles. The van der Waals surface area contributed by atoms with Crippen LogP contribution in [0.5, 0.6) is 0 Å². The molecule has 0 fully saturated rings. The topological polar surface area (TPSA) is 44.0 Å². The van der Waals surface area contributed by atoms with E-state index in [2.05, 4.69) is 18.2 Å². The fourth-order valence-electron chi connectivity index (χ4n) is 3.56. The number of aryl methyl sites for hydroxylation is 4. The van der Waals surface area contributed by atoms with Crippen molar-refractivity contribution in [2.24, 2.45) is 0 Å². The minimum Gasteiger partial charge on any atom is -0.279 e. The highest BCUT2D eigenvalue weighted by Crippen LogP contribution is 2.28. The highest BCUT2D eigenvalue weighted by atomic mass is 35.5. The van der Waals surface area contributed by atoms with E-state index in [-0.39, 0.29) is 11.2 Å². The van der Waals surface area contributed by atoms with Gasteiger partial charge < -0.3 is 0 Å². The SMILES string of the molecule is Cc1ccc(C)c(Cn2c(=O)n(-c3ccc(Cl)cc3)c(=O)c3c(C)c(C)sc32)c1. The maximum Gasteiger partial charge on any atom is 0.337 e. The zero-order chi connectivity index (χ0) is 20.9. The van der Waals surface area contributed by atoms with Crippen LogP contribution in [-0.2, 0) is 6.54 Å². The van der Waals surface area contributed by atoms with E-state index in [0.717, 1.165) is 32.0 Å². The highest BCUT2D eigenvalue weighted by Gasteiger charge is 2.20. The van der Waals surface area contributed by atoms with Gasteiger partial charge in [0.2, 0.25) is 0 Å². The van der Waals surface area contributed by atoms with E-state index in [1.165, 1.54) is 15.9 Å². The standard InChI is InChI=1S/C23H21ClN2O2S/c1-13-5-6-14(2)17(11-13)12-25-22-20(15(3)16(4)29-22)21(27)26(23(25)28)19-9-7-18(24)8-10-19/h5-11H,12H2,1-4H3. The Labute approximate surface area is 177 Å². The molecule has 0 atom stereocenters. The van der Waals surface area contributed by atoms with Gasteiger partial charge in [0.05, 0.1) is 17.6 Å². The van der Waals surface area contributed by atoms with Crippen LogP contribution in [0.2, 0.25) is 5.02 Å². The number of hydrogen-bond donors (Lipinski definition) is 0. The number of hydrogen-bond acceptors (Lipinski definition) is 3. The van der Waals surface area contributed by atoms with Crippen molar-refractivity contribution in [2.45, 2.75) is 34.2 Å². The van der Waals surface area contributed by atoms with Crippen LogP contribution in [0.15, 0.2) is 52.1 Å². The van der Waals surface area contributed by atoms with Gasteiger partial charge in [-0.3, -0.25) is 9.36 Å². The van der Waals surface area contributed by atoms with Gasteiger partial charge in [0.25, 0.3) is 5.56 Å². The zero-order valence-corrected chi connectivity index (χ0v) is 18.3. The number of thiophene rings is 1. The molecule has 0 aliphatic heterocycles. The van der Waals surface area contributed by atoms with Crippen LogP contribution in [0.1, 0.15) is 27.1 Å². The smallest absolute Gasteiger partial charge is 0.279 e. The summed E-state index contributed by atoms with van der Waals surface area (Å²) in [5, 5.41) is 1.16. The van der Waals surface area contributed by atoms with Gasteiger partial charge in [-0.1, -0.05) is 35.4 Å². The number of fused-ring (bicyclic) bond motifs is 1. The Hall–Kier alpha value is -2.63. The van der Waals surface area contributed by atoms with Crippen molar-refractivity contribution < 1.29 is 0 Å². The van der Waals surface area contributed by atoms with E-state index < -0.39 is 0 Å². The lowest BCUT2D eigenvalue weighted by Crippen LogP contribution is -2.39. The minimum absolute atomic E-state index is 0.286. The van der Waals surface area contributed by atoms with Crippen molar-refractivity contribution in [3.8, 4) is 5.69 Å². The zero-order valence-electron chi connectivity index (χ0n) is 16.7. The van der Waals surface area contributed by atoms with E-state index in [1.54, 1.807) is 28.8 Å². The molecule has 0 unspecified atom stereocenters. The normalized spacial score (nSPS) is 11.3. The predicted molar refractivity (Wildman–Crippen MR) is 121 cm³/mol. The maximum atomic E-state index is 13.5. The summed E-state index contributed by atoms with van der Waals surface area (Å²) in [6.07, 6.45) is 0. The lowest BCUT2D eigenvalue weighted by molar-refractivity contribution is 0.716. The molecule has 0 aliphatic rings. The maximum absolute atomic E-state index is 13.5. The Kier molecular flexibility index (Phi) is 4.97. The molecule has 2 aromatic heterocycles. The molecule has 29 heavy (non-hydrogen) atoms. The second kappa shape index (κ2) is 7.32. The Balaban J connectivity index is 2.07. The van der Waals surface area contributed by atoms with Gasteiger partial charge >= 0.3 is 5.69 Å². The summed E-state index contributed by atoms with van der Waals surface area (Å²) < 4.78 is 2.97. The second-order valence-electron chi connectivity index (χ2n) is 7.38. The number of benzene rings is 2. The van der Waals surface area contributed by atoms with Crippen molar-refractivity contribution in [1.82, 2.24) is 9.13 Å². The number of rotatable bonds is 3. The summed E-state index contributed by atoms with van der Waals surface area (Å²) in [6.45, 7) is 8.41. The largest absolute Gasteiger partial charge is 0.337 e. The van der Waals surface area contributed by atoms with Gasteiger partial charge in [-0.15, -0.1) is 11.3 Å². The quantitative estimate of drug-likeness (QED) is 0.456. The van der Waals surface area contributed by atoms with Gasteiger partial charge in [-0.2, -0.15) is 0 Å². The molecule has 0 spiro atoms. The summed E-state index contributed by atoms with van der Waals surface area (Å²) in [7, 11) is 0. The Bertz CT molecular complexity index is 1360. The molecule has 4 rings (SSSR count). The van der Waals surface area contributed by atoms with Crippen LogP contribution in [0.4, 0.5) is 0 Å². The van der Waals surface area contributed by atoms with Gasteiger partial charge in [0.15, 0.2) is 0 Å². The first kappa shape index (κ1) is 19.7. The monoisotopic (exact) mass is 424 g/mol. The molecule has 0 saturated heterocycles. The third kappa shape index (κ3) is 3.34. The van der Waals surface area contributed by atoms with Crippen molar-refractivity contribution >= 4 is 33.2 Å². The Morgan fingerprint density at radius 3 is 2.34 bits per heavy atom. The van der Waals surface area contributed by atoms with Gasteiger partial charge in [0.1, 0.15) is 4.83 Å². The molecular formula is C23H21ClN2O2S. The molecule has 0 amide bonds. The fraction of sp³-hybridized carbons (Fsp3) is 0.217. The predicted octanol–water partition coefficient (Wildman–Crippen LogP) is 5.15. The van der Waals surface area contributed by atoms with Crippen molar-refractivity contribution in [3.05, 3.63) is 95.5 Å². The van der Waals surface area contributed by atoms with E-state index in [9.17, 15) is 9.59 Å². The average molecular weight is 425 g/mol. The van der Waals surface area contributed by atoms with Gasteiger partial charge in [0, 0.05) is 9.90 Å². The van der Waals surface area contributed by atoms with Crippen LogP contribution in [0.3, 0.4) is 0 Å². The van der Waals surface area contributed by atoms with Crippen LogP contribution < -0.4 is 11.2 Å². The molecule has 148 valence electrons. The molecule has 0 radical (unpaired) electrons. The molecule has 0 aliphatic carbocycles. The third-order valence-electron chi connectivity index (χ3n) is 5.37. The van der Waals surface area contributed by atoms with Crippen molar-refractivity contribution in [1.29, 1.82) is 0 Å². The summed E-state index contributed by atoms with van der Waals surface area (Å²) in [6, 6.07) is 13.0. The van der Waals surface area contributed by atoms with E-state index in [0.29, 0.717) is 22.6 Å². The number of nitrogens with zero attached hydrogens (tertiary/aromatic N) is 2. The lowest BCUT2D eigenvalue weighted by atomic mass is 10.1. The molecule has 4 nitrogen and oxygen atoms in total. The van der Waals surface area contributed by atoms with E-state index in [4.69, 9.17) is 11.6 Å². The lowest BCUT2D eigenvalue weighted by Gasteiger charge is -2.14.